The number of aliphatic hydroxyl groups excluding tert-OH is 1. The van der Waals surface area contributed by atoms with E-state index in [1.165, 1.54) is 6.92 Å². The Morgan fingerprint density at radius 1 is 1.53 bits per heavy atom. The molecule has 2 atom stereocenters. The van der Waals surface area contributed by atoms with Gasteiger partial charge in [-0.2, -0.15) is 8.42 Å². The van der Waals surface area contributed by atoms with Crippen molar-refractivity contribution < 1.29 is 53.1 Å². The molecule has 0 aliphatic carbocycles. The van der Waals surface area contributed by atoms with Gasteiger partial charge in [-0.3, -0.25) is 9.45 Å². The van der Waals surface area contributed by atoms with Crippen molar-refractivity contribution in [1.29, 1.82) is 0 Å². The molecule has 2 unspecified atom stereocenters. The number of hydrogen-bond donors (Lipinski definition) is 3. The Bertz CT molecular complexity index is 298. The maximum atomic E-state index is 10.9. The third-order valence-electron chi connectivity index (χ3n) is 2.71. The van der Waals surface area contributed by atoms with Crippen LogP contribution >= 0.6 is 0 Å². The van der Waals surface area contributed by atoms with E-state index < -0.39 is 15.5 Å². The van der Waals surface area contributed by atoms with Gasteiger partial charge in [0.25, 0.3) is 10.1 Å². The van der Waals surface area contributed by atoms with Gasteiger partial charge in [-0.05, 0) is 13.3 Å². The molecule has 1 fully saturated rings. The van der Waals surface area contributed by atoms with Crippen molar-refractivity contribution in [1.82, 2.24) is 10.2 Å². The van der Waals surface area contributed by atoms with Crippen LogP contribution in [0.2, 0.25) is 0 Å². The monoisotopic (exact) mass is 278 g/mol. The smallest absolute Gasteiger partial charge is 0.870 e. The average molecular weight is 278 g/mol. The topological polar surface area (TPSA) is 120 Å². The molecule has 17 heavy (non-hydrogen) atoms. The second-order valence-corrected chi connectivity index (χ2v) is 5.48. The Labute approximate surface area is 124 Å². The molecule has 9 heteroatoms. The van der Waals surface area contributed by atoms with Crippen LogP contribution in [0.15, 0.2) is 0 Å². The maximum Gasteiger partial charge on any atom is 1.00 e. The fraction of sp³-hybridized carbons (Fsp3) is 1.00. The van der Waals surface area contributed by atoms with Crippen molar-refractivity contribution in [3.05, 3.63) is 0 Å². The summed E-state index contributed by atoms with van der Waals surface area (Å²) in [6.07, 6.45) is 0.592. The summed E-state index contributed by atoms with van der Waals surface area (Å²) in [5, 5.41) is 11.1. The predicted octanol–water partition coefficient (Wildman–Crippen LogP) is -4.30. The van der Waals surface area contributed by atoms with Crippen molar-refractivity contribution in [2.45, 2.75) is 24.8 Å². The maximum absolute atomic E-state index is 10.9. The van der Waals surface area contributed by atoms with Gasteiger partial charge in [0.1, 0.15) is 5.37 Å². The van der Waals surface area contributed by atoms with Gasteiger partial charge in [-0.15, -0.1) is 0 Å². The van der Waals surface area contributed by atoms with Crippen LogP contribution in [0.1, 0.15) is 13.3 Å². The summed E-state index contributed by atoms with van der Waals surface area (Å²) in [4.78, 5) is 1.70. The van der Waals surface area contributed by atoms with E-state index in [-0.39, 0.29) is 47.7 Å². The van der Waals surface area contributed by atoms with Gasteiger partial charge in [-0.1, -0.05) is 0 Å². The molecule has 0 spiro atoms. The zero-order valence-electron chi connectivity index (χ0n) is 10.2. The fourth-order valence-electron chi connectivity index (χ4n) is 1.72. The second kappa shape index (κ2) is 8.78. The Morgan fingerprint density at radius 2 is 2.12 bits per heavy atom. The third-order valence-corrected chi connectivity index (χ3v) is 3.87. The first-order valence-electron chi connectivity index (χ1n) is 4.99. The van der Waals surface area contributed by atoms with Crippen molar-refractivity contribution in [3.8, 4) is 0 Å². The van der Waals surface area contributed by atoms with Crippen LogP contribution in [-0.4, -0.2) is 66.1 Å². The molecule has 0 amide bonds. The van der Waals surface area contributed by atoms with E-state index in [1.807, 2.05) is 0 Å². The van der Waals surface area contributed by atoms with Crippen LogP contribution < -0.4 is 34.9 Å². The SMILES string of the molecule is CC(N1CCNC(CCO)C1)S(=O)(=O)O.[Na+].[OH-]. The third kappa shape index (κ3) is 6.46. The summed E-state index contributed by atoms with van der Waals surface area (Å²) in [6, 6.07) is 0.0907. The number of aliphatic hydroxyl groups is 1. The fourth-order valence-corrected chi connectivity index (χ4v) is 2.29. The van der Waals surface area contributed by atoms with E-state index in [0.717, 1.165) is 0 Å². The number of rotatable bonds is 4. The minimum atomic E-state index is -4.01. The first-order chi connectivity index (χ1) is 6.95. The molecule has 7 nitrogen and oxygen atoms in total. The van der Waals surface area contributed by atoms with Crippen molar-refractivity contribution in [2.24, 2.45) is 0 Å². The minimum absolute atomic E-state index is 0. The van der Waals surface area contributed by atoms with Crippen LogP contribution in [-0.2, 0) is 10.1 Å². The van der Waals surface area contributed by atoms with Gasteiger partial charge >= 0.3 is 29.6 Å². The molecule has 1 saturated heterocycles. The first-order valence-corrected chi connectivity index (χ1v) is 6.50. The van der Waals surface area contributed by atoms with Crippen molar-refractivity contribution in [3.63, 3.8) is 0 Å². The van der Waals surface area contributed by atoms with Gasteiger partial charge < -0.3 is 15.9 Å². The summed E-state index contributed by atoms with van der Waals surface area (Å²) >= 11 is 0. The summed E-state index contributed by atoms with van der Waals surface area (Å²) < 4.78 is 30.8. The van der Waals surface area contributed by atoms with Gasteiger partial charge in [0.2, 0.25) is 0 Å². The Hall–Kier alpha value is 0.750. The zero-order chi connectivity index (χ0) is 11.5. The summed E-state index contributed by atoms with van der Waals surface area (Å²) in [6.45, 7) is 3.33. The molecule has 0 aromatic heterocycles. The molecule has 0 aromatic carbocycles. The van der Waals surface area contributed by atoms with Crippen LogP contribution in [0, 0.1) is 0 Å². The van der Waals surface area contributed by atoms with E-state index in [2.05, 4.69) is 5.32 Å². The normalized spacial score (nSPS) is 23.4. The molecular weight excluding hydrogens is 259 g/mol. The van der Waals surface area contributed by atoms with E-state index in [1.54, 1.807) is 4.90 Å². The van der Waals surface area contributed by atoms with Gasteiger partial charge in [0, 0.05) is 32.3 Å². The summed E-state index contributed by atoms with van der Waals surface area (Å²) in [7, 11) is -4.01. The number of nitrogens with zero attached hydrogens (tertiary/aromatic N) is 1. The molecule has 0 radical (unpaired) electrons. The molecule has 98 valence electrons. The van der Waals surface area contributed by atoms with Gasteiger partial charge in [0.05, 0.1) is 0 Å². The second-order valence-electron chi connectivity index (χ2n) is 3.77. The van der Waals surface area contributed by atoms with Crippen molar-refractivity contribution in [2.75, 3.05) is 26.2 Å². The first kappa shape index (κ1) is 20.1. The number of nitrogens with one attached hydrogen (secondary N) is 1. The molecule has 4 N–H and O–H groups in total. The molecule has 0 aromatic rings. The van der Waals surface area contributed by atoms with E-state index in [4.69, 9.17) is 9.66 Å². The molecule has 0 saturated carbocycles. The number of hydrogen-bond acceptors (Lipinski definition) is 6. The van der Waals surface area contributed by atoms with Gasteiger partial charge in [0.15, 0.2) is 0 Å². The Morgan fingerprint density at radius 3 is 2.59 bits per heavy atom. The van der Waals surface area contributed by atoms with E-state index >= 15 is 0 Å². The predicted molar refractivity (Wildman–Crippen MR) is 58.0 cm³/mol. The van der Waals surface area contributed by atoms with Crippen LogP contribution in [0.25, 0.3) is 0 Å². The van der Waals surface area contributed by atoms with Gasteiger partial charge in [-0.25, -0.2) is 0 Å². The van der Waals surface area contributed by atoms with Crippen molar-refractivity contribution >= 4 is 10.1 Å². The van der Waals surface area contributed by atoms with Crippen LogP contribution in [0.3, 0.4) is 0 Å². The molecule has 1 rings (SSSR count). The minimum Gasteiger partial charge on any atom is -0.870 e. The Kier molecular flexibility index (Phi) is 10.4. The van der Waals surface area contributed by atoms with E-state index in [9.17, 15) is 8.42 Å². The zero-order valence-corrected chi connectivity index (χ0v) is 13.0. The summed E-state index contributed by atoms with van der Waals surface area (Å²) in [5.74, 6) is 0. The molecule has 1 aliphatic rings. The molecule has 1 aliphatic heterocycles. The van der Waals surface area contributed by atoms with Crippen LogP contribution in [0.4, 0.5) is 0 Å². The quantitative estimate of drug-likeness (QED) is 0.351. The Balaban J connectivity index is 0. The average Bonchev–Trinajstić information content (AvgIpc) is 2.16. The molecular formula is C8H19N2NaO5S. The van der Waals surface area contributed by atoms with E-state index in [0.29, 0.717) is 26.1 Å². The number of piperazine rings is 1. The molecule has 0 bridgehead atoms. The summed E-state index contributed by atoms with van der Waals surface area (Å²) in [5.41, 5.74) is 0. The largest absolute Gasteiger partial charge is 1.00 e. The molecule has 1 heterocycles. The standard InChI is InChI=1S/C8H18N2O4S.Na.H2O/c1-7(15(12,13)14)10-4-3-9-8(6-10)2-5-11;;/h7-9,11H,2-6H2,1H3,(H,12,13,14);;1H2/q;+1;/p-1. The van der Waals surface area contributed by atoms with Crippen LogP contribution in [0.5, 0.6) is 0 Å².